The number of nitrogens with zero attached hydrogens (tertiary/aromatic N) is 3. The molecular weight excluding hydrogens is 474 g/mol. The molecule has 164 valence electrons. The smallest absolute Gasteiger partial charge is 0.256 e. The van der Waals surface area contributed by atoms with E-state index < -0.39 is 5.66 Å². The van der Waals surface area contributed by atoms with Crippen molar-refractivity contribution < 1.29 is 9.59 Å². The van der Waals surface area contributed by atoms with Gasteiger partial charge >= 0.3 is 0 Å². The Labute approximate surface area is 204 Å². The summed E-state index contributed by atoms with van der Waals surface area (Å²) < 4.78 is 1.97. The molecule has 5 nitrogen and oxygen atoms in total. The summed E-state index contributed by atoms with van der Waals surface area (Å²) in [5.41, 5.74) is 2.33. The van der Waals surface area contributed by atoms with Gasteiger partial charge in [-0.05, 0) is 30.3 Å². The fraction of sp³-hybridized carbons (Fsp3) is 0.160. The lowest BCUT2D eigenvalue weighted by Gasteiger charge is -2.40. The van der Waals surface area contributed by atoms with Crippen LogP contribution in [0.4, 0.5) is 0 Å². The maximum atomic E-state index is 13.7. The van der Waals surface area contributed by atoms with E-state index in [1.165, 1.54) is 11.8 Å². The topological polar surface area (TPSA) is 53.5 Å². The van der Waals surface area contributed by atoms with E-state index in [4.69, 9.17) is 11.6 Å². The van der Waals surface area contributed by atoms with Gasteiger partial charge in [-0.1, -0.05) is 65.8 Å². The summed E-state index contributed by atoms with van der Waals surface area (Å²) in [7, 11) is 0. The van der Waals surface area contributed by atoms with Gasteiger partial charge in [-0.25, -0.2) is 4.98 Å². The normalized spacial score (nSPS) is 19.2. The number of aromatic nitrogens is 1. The first-order valence-corrected chi connectivity index (χ1v) is 12.7. The van der Waals surface area contributed by atoms with Crippen molar-refractivity contribution in [2.75, 3.05) is 18.8 Å². The van der Waals surface area contributed by atoms with Gasteiger partial charge in [0.15, 0.2) is 10.0 Å². The lowest BCUT2D eigenvalue weighted by Crippen LogP contribution is -2.52. The zero-order chi connectivity index (χ0) is 22.6. The molecule has 0 saturated carbocycles. The Morgan fingerprint density at radius 1 is 1.03 bits per heavy atom. The number of hydrogen-bond acceptors (Lipinski definition) is 5. The van der Waals surface area contributed by atoms with Crippen molar-refractivity contribution in [3.63, 3.8) is 0 Å². The molecule has 0 spiro atoms. The van der Waals surface area contributed by atoms with Crippen LogP contribution in [0.3, 0.4) is 0 Å². The van der Waals surface area contributed by atoms with E-state index in [0.29, 0.717) is 23.7 Å². The molecule has 1 fully saturated rings. The Hall–Kier alpha value is -2.87. The van der Waals surface area contributed by atoms with E-state index in [0.717, 1.165) is 25.7 Å². The van der Waals surface area contributed by atoms with Crippen molar-refractivity contribution in [1.29, 1.82) is 0 Å². The van der Waals surface area contributed by atoms with Crippen molar-refractivity contribution in [2.24, 2.45) is 0 Å². The predicted molar refractivity (Wildman–Crippen MR) is 132 cm³/mol. The summed E-state index contributed by atoms with van der Waals surface area (Å²) in [6.45, 7) is 0.954. The number of halogens is 1. The lowest BCUT2D eigenvalue weighted by atomic mass is 9.90. The monoisotopic (exact) mass is 491 g/mol. The van der Waals surface area contributed by atoms with E-state index in [1.54, 1.807) is 11.3 Å². The first-order chi connectivity index (χ1) is 16.1. The minimum atomic E-state index is -0.955. The third-order valence-electron chi connectivity index (χ3n) is 6.25. The number of rotatable bonds is 4. The number of benzene rings is 3. The molecule has 3 aromatic carbocycles. The molecule has 0 radical (unpaired) electrons. The second-order valence-electron chi connectivity index (χ2n) is 7.96. The highest BCUT2D eigenvalue weighted by Gasteiger charge is 2.59. The molecule has 3 heterocycles. The fourth-order valence-electron chi connectivity index (χ4n) is 4.90. The number of carbonyl (C=O) groups excluding carboxylic acids is 2. The molecular formula is C25H18ClN3O2S2. The van der Waals surface area contributed by atoms with E-state index in [-0.39, 0.29) is 17.6 Å². The molecule has 0 aliphatic carbocycles. The number of thioether (sulfide) groups is 1. The largest absolute Gasteiger partial charge is 0.309 e. The summed E-state index contributed by atoms with van der Waals surface area (Å²) in [6, 6.07) is 23.0. The highest BCUT2D eigenvalue weighted by Crippen LogP contribution is 2.50. The second kappa shape index (κ2) is 7.87. The van der Waals surface area contributed by atoms with Crippen molar-refractivity contribution in [2.45, 2.75) is 10.0 Å². The molecule has 8 heteroatoms. The zero-order valence-corrected chi connectivity index (χ0v) is 19.8. The molecule has 0 N–H and O–H groups in total. The van der Waals surface area contributed by atoms with Crippen LogP contribution in [0.25, 0.3) is 10.2 Å². The summed E-state index contributed by atoms with van der Waals surface area (Å²) in [5.74, 6) is 0.176. The van der Waals surface area contributed by atoms with Gasteiger partial charge in [0.25, 0.3) is 5.91 Å². The summed E-state index contributed by atoms with van der Waals surface area (Å²) in [5, 5.41) is 0.613. The van der Waals surface area contributed by atoms with Crippen LogP contribution in [0.15, 0.2) is 77.1 Å². The third kappa shape index (κ3) is 3.10. The average molecular weight is 492 g/mol. The molecule has 6 rings (SSSR count). The Morgan fingerprint density at radius 3 is 2.61 bits per heavy atom. The van der Waals surface area contributed by atoms with Gasteiger partial charge in [0, 0.05) is 34.8 Å². The van der Waals surface area contributed by atoms with Crippen LogP contribution < -0.4 is 0 Å². The number of para-hydroxylation sites is 1. The maximum absolute atomic E-state index is 13.7. The molecule has 2 aliphatic heterocycles. The first-order valence-electron chi connectivity index (χ1n) is 10.6. The fourth-order valence-corrected chi connectivity index (χ4v) is 6.97. The van der Waals surface area contributed by atoms with Gasteiger partial charge in [0.2, 0.25) is 5.91 Å². The van der Waals surface area contributed by atoms with Gasteiger partial charge in [0.1, 0.15) is 0 Å². The van der Waals surface area contributed by atoms with E-state index in [2.05, 4.69) is 4.98 Å². The minimum absolute atomic E-state index is 0.0267. The van der Waals surface area contributed by atoms with Crippen LogP contribution in [-0.2, 0) is 10.5 Å². The first kappa shape index (κ1) is 20.7. The average Bonchev–Trinajstić information content (AvgIpc) is 3.50. The Bertz CT molecular complexity index is 1370. The van der Waals surface area contributed by atoms with Crippen molar-refractivity contribution in [3.05, 3.63) is 94.5 Å². The SMILES string of the molecule is O=C(CSc1nc2ccccc2s1)N1CCN2C(=O)c3ccccc3C12c1ccc(Cl)cc1. The lowest BCUT2D eigenvalue weighted by molar-refractivity contribution is -0.133. The third-order valence-corrected chi connectivity index (χ3v) is 8.66. The van der Waals surface area contributed by atoms with Gasteiger partial charge in [0.05, 0.1) is 16.0 Å². The van der Waals surface area contributed by atoms with E-state index in [9.17, 15) is 9.59 Å². The van der Waals surface area contributed by atoms with E-state index in [1.807, 2.05) is 82.6 Å². The summed E-state index contributed by atoms with van der Waals surface area (Å²) in [4.78, 5) is 35.3. The van der Waals surface area contributed by atoms with E-state index >= 15 is 0 Å². The van der Waals surface area contributed by atoms with Crippen molar-refractivity contribution >= 4 is 56.7 Å². The van der Waals surface area contributed by atoms with Crippen LogP contribution in [-0.4, -0.2) is 45.4 Å². The quantitative estimate of drug-likeness (QED) is 0.366. The molecule has 33 heavy (non-hydrogen) atoms. The number of amides is 2. The standard InChI is InChI=1S/C25H18ClN3O2S2/c26-17-11-9-16(10-12-17)25-19-6-2-1-5-18(19)23(31)29(25)14-13-28(25)22(30)15-32-24-27-20-7-3-4-8-21(20)33-24/h1-12H,13-15H2. The van der Waals surface area contributed by atoms with Gasteiger partial charge in [-0.2, -0.15) is 0 Å². The van der Waals surface area contributed by atoms with Gasteiger partial charge in [-0.3, -0.25) is 9.59 Å². The molecule has 1 saturated heterocycles. The number of carbonyl (C=O) groups is 2. The molecule has 2 aliphatic rings. The summed E-state index contributed by atoms with van der Waals surface area (Å²) >= 11 is 9.20. The Kier molecular flexibility index (Phi) is 4.94. The number of fused-ring (bicyclic) bond motifs is 4. The van der Waals surface area contributed by atoms with Crippen LogP contribution in [0.1, 0.15) is 21.5 Å². The van der Waals surface area contributed by atoms with Gasteiger partial charge in [-0.15, -0.1) is 11.3 Å². The predicted octanol–water partition coefficient (Wildman–Crippen LogP) is 5.24. The van der Waals surface area contributed by atoms with Crippen molar-refractivity contribution in [3.8, 4) is 0 Å². The van der Waals surface area contributed by atoms with Crippen molar-refractivity contribution in [1.82, 2.24) is 14.8 Å². The van der Waals surface area contributed by atoms with Crippen LogP contribution >= 0.6 is 34.7 Å². The van der Waals surface area contributed by atoms with Crippen LogP contribution in [0.2, 0.25) is 5.02 Å². The molecule has 0 bridgehead atoms. The Balaban J connectivity index is 1.38. The molecule has 4 aromatic rings. The van der Waals surface area contributed by atoms with Crippen LogP contribution in [0, 0.1) is 0 Å². The van der Waals surface area contributed by atoms with Crippen LogP contribution in [0.5, 0.6) is 0 Å². The number of hydrogen-bond donors (Lipinski definition) is 0. The highest BCUT2D eigenvalue weighted by molar-refractivity contribution is 8.01. The summed E-state index contributed by atoms with van der Waals surface area (Å²) in [6.07, 6.45) is 0. The maximum Gasteiger partial charge on any atom is 0.256 e. The molecule has 2 amide bonds. The Morgan fingerprint density at radius 2 is 1.79 bits per heavy atom. The zero-order valence-electron chi connectivity index (χ0n) is 17.4. The molecule has 1 aromatic heterocycles. The minimum Gasteiger partial charge on any atom is -0.309 e. The molecule has 1 unspecified atom stereocenters. The van der Waals surface area contributed by atoms with Gasteiger partial charge < -0.3 is 9.80 Å². The highest BCUT2D eigenvalue weighted by atomic mass is 35.5. The number of thiazole rings is 1. The second-order valence-corrected chi connectivity index (χ2v) is 10.7. The molecule has 1 atom stereocenters.